The number of piperidine rings is 1. The molecule has 0 aromatic heterocycles. The SMILES string of the molecule is O=S(=O)(c1ccccc1OC(F)(F)F)N1CCC2(CCN(c3ccc(OC(F)(F)F)cc3)C2)CC1. The number of alkyl halides is 6. The fourth-order valence-corrected chi connectivity index (χ4v) is 6.19. The molecule has 1 spiro atoms. The van der Waals surface area contributed by atoms with E-state index in [1.807, 2.05) is 4.90 Å². The Balaban J connectivity index is 1.41. The molecule has 0 N–H and O–H groups in total. The summed E-state index contributed by atoms with van der Waals surface area (Å²) in [6.45, 7) is 1.51. The summed E-state index contributed by atoms with van der Waals surface area (Å²) in [5.74, 6) is -1.09. The minimum Gasteiger partial charge on any atom is -0.406 e. The average Bonchev–Trinajstić information content (AvgIpc) is 3.16. The van der Waals surface area contributed by atoms with Crippen LogP contribution in [0.15, 0.2) is 53.4 Å². The number of para-hydroxylation sites is 1. The van der Waals surface area contributed by atoms with Gasteiger partial charge in [-0.2, -0.15) is 4.31 Å². The van der Waals surface area contributed by atoms with E-state index in [1.54, 1.807) is 0 Å². The number of halogens is 6. The Morgan fingerprint density at radius 1 is 0.771 bits per heavy atom. The first kappa shape index (κ1) is 25.4. The Morgan fingerprint density at radius 2 is 1.34 bits per heavy atom. The first-order valence-corrected chi connectivity index (χ1v) is 12.2. The van der Waals surface area contributed by atoms with Crippen LogP contribution >= 0.6 is 0 Å². The summed E-state index contributed by atoms with van der Waals surface area (Å²) in [6, 6.07) is 10.2. The third-order valence-corrected chi connectivity index (χ3v) is 8.29. The molecule has 0 bridgehead atoms. The molecule has 0 amide bonds. The predicted molar refractivity (Wildman–Crippen MR) is 114 cm³/mol. The molecule has 0 unspecified atom stereocenters. The molecule has 0 radical (unpaired) electrons. The van der Waals surface area contributed by atoms with Crippen LogP contribution in [0.3, 0.4) is 0 Å². The van der Waals surface area contributed by atoms with E-state index in [1.165, 1.54) is 40.7 Å². The molecule has 4 rings (SSSR count). The van der Waals surface area contributed by atoms with Crippen molar-refractivity contribution in [3.8, 4) is 11.5 Å². The van der Waals surface area contributed by atoms with Gasteiger partial charge in [-0.1, -0.05) is 12.1 Å². The Morgan fingerprint density at radius 3 is 1.94 bits per heavy atom. The molecule has 2 aromatic rings. The van der Waals surface area contributed by atoms with Crippen molar-refractivity contribution in [1.82, 2.24) is 4.31 Å². The molecule has 192 valence electrons. The number of benzene rings is 2. The van der Waals surface area contributed by atoms with Gasteiger partial charge in [-0.15, -0.1) is 26.3 Å². The van der Waals surface area contributed by atoms with Crippen molar-refractivity contribution in [2.45, 2.75) is 36.9 Å². The second-order valence-corrected chi connectivity index (χ2v) is 10.5. The molecule has 2 heterocycles. The van der Waals surface area contributed by atoms with Crippen LogP contribution in [0.1, 0.15) is 19.3 Å². The van der Waals surface area contributed by atoms with E-state index in [4.69, 9.17) is 0 Å². The Kier molecular flexibility index (Phi) is 6.60. The lowest BCUT2D eigenvalue weighted by Crippen LogP contribution is -2.44. The Bertz CT molecular complexity index is 1140. The number of hydrogen-bond donors (Lipinski definition) is 0. The fraction of sp³-hybridized carbons (Fsp3) is 0.455. The third kappa shape index (κ3) is 5.95. The van der Waals surface area contributed by atoms with Gasteiger partial charge in [-0.3, -0.25) is 0 Å². The van der Waals surface area contributed by atoms with Crippen molar-refractivity contribution in [3.05, 3.63) is 48.5 Å². The van der Waals surface area contributed by atoms with Crippen LogP contribution in [0.5, 0.6) is 11.5 Å². The third-order valence-electron chi connectivity index (χ3n) is 6.35. The van der Waals surface area contributed by atoms with Gasteiger partial charge < -0.3 is 14.4 Å². The molecule has 0 atom stereocenters. The van der Waals surface area contributed by atoms with Gasteiger partial charge in [-0.25, -0.2) is 8.42 Å². The first-order valence-electron chi connectivity index (χ1n) is 10.7. The van der Waals surface area contributed by atoms with E-state index in [-0.39, 0.29) is 24.3 Å². The second kappa shape index (κ2) is 9.08. The van der Waals surface area contributed by atoms with Crippen molar-refractivity contribution in [3.63, 3.8) is 0 Å². The molecule has 35 heavy (non-hydrogen) atoms. The van der Waals surface area contributed by atoms with Crippen LogP contribution in [0.25, 0.3) is 0 Å². The van der Waals surface area contributed by atoms with E-state index in [0.717, 1.165) is 24.2 Å². The molecule has 0 aliphatic carbocycles. The van der Waals surface area contributed by atoms with Gasteiger partial charge in [0.2, 0.25) is 10.0 Å². The number of rotatable bonds is 5. The summed E-state index contributed by atoms with van der Waals surface area (Å²) >= 11 is 0. The maximum Gasteiger partial charge on any atom is 0.573 e. The number of anilines is 1. The van der Waals surface area contributed by atoms with Crippen molar-refractivity contribution < 1.29 is 44.2 Å². The van der Waals surface area contributed by atoms with E-state index in [0.29, 0.717) is 25.9 Å². The lowest BCUT2D eigenvalue weighted by Gasteiger charge is -2.38. The molecule has 0 saturated carbocycles. The normalized spacial score (nSPS) is 19.2. The van der Waals surface area contributed by atoms with E-state index in [2.05, 4.69) is 9.47 Å². The summed E-state index contributed by atoms with van der Waals surface area (Å²) in [7, 11) is -4.21. The van der Waals surface area contributed by atoms with Crippen molar-refractivity contribution in [1.29, 1.82) is 0 Å². The highest BCUT2D eigenvalue weighted by atomic mass is 32.2. The average molecular weight is 524 g/mol. The maximum absolute atomic E-state index is 13.1. The quantitative estimate of drug-likeness (QED) is 0.506. The number of ether oxygens (including phenoxy) is 2. The van der Waals surface area contributed by atoms with E-state index in [9.17, 15) is 34.8 Å². The summed E-state index contributed by atoms with van der Waals surface area (Å²) in [5.41, 5.74) is 0.527. The first-order chi connectivity index (χ1) is 16.3. The number of hydrogen-bond acceptors (Lipinski definition) is 5. The molecule has 2 aliphatic rings. The molecule has 2 saturated heterocycles. The standard InChI is InChI=1S/C22H22F6N2O4S/c23-21(24,25)33-17-7-5-16(6-8-17)29-12-9-20(15-29)10-13-30(14-11-20)35(31,32)19-4-2-1-3-18(19)34-22(26,27)28/h1-8H,9-15H2. The van der Waals surface area contributed by atoms with Crippen LogP contribution in [0.4, 0.5) is 32.0 Å². The second-order valence-electron chi connectivity index (χ2n) is 8.61. The van der Waals surface area contributed by atoms with Gasteiger partial charge in [0, 0.05) is 31.9 Å². The molecule has 2 aromatic carbocycles. The van der Waals surface area contributed by atoms with Crippen LogP contribution in [-0.4, -0.2) is 51.6 Å². The zero-order chi connectivity index (χ0) is 25.5. The predicted octanol–water partition coefficient (Wildman–Crippen LogP) is 5.17. The minimum absolute atomic E-state index is 0.134. The molecular weight excluding hydrogens is 502 g/mol. The fourth-order valence-electron chi connectivity index (χ4n) is 4.63. The van der Waals surface area contributed by atoms with Crippen LogP contribution in [0.2, 0.25) is 0 Å². The largest absolute Gasteiger partial charge is 0.573 e. The van der Waals surface area contributed by atoms with Crippen LogP contribution < -0.4 is 14.4 Å². The monoisotopic (exact) mass is 524 g/mol. The van der Waals surface area contributed by atoms with Crippen LogP contribution in [0, 0.1) is 5.41 Å². The van der Waals surface area contributed by atoms with Gasteiger partial charge >= 0.3 is 12.7 Å². The minimum atomic E-state index is -5.03. The van der Waals surface area contributed by atoms with Gasteiger partial charge in [0.05, 0.1) is 0 Å². The van der Waals surface area contributed by atoms with Gasteiger partial charge in [0.15, 0.2) is 0 Å². The molecule has 2 fully saturated rings. The zero-order valence-corrected chi connectivity index (χ0v) is 19.1. The lowest BCUT2D eigenvalue weighted by atomic mass is 9.78. The Hall–Kier alpha value is -2.67. The summed E-state index contributed by atoms with van der Waals surface area (Å²) in [5, 5.41) is 0. The van der Waals surface area contributed by atoms with Crippen molar-refractivity contribution in [2.75, 3.05) is 31.1 Å². The summed E-state index contributed by atoms with van der Waals surface area (Å²) in [6.07, 6.45) is -8.04. The topological polar surface area (TPSA) is 59.1 Å². The van der Waals surface area contributed by atoms with Gasteiger partial charge in [0.1, 0.15) is 16.4 Å². The summed E-state index contributed by atoms with van der Waals surface area (Å²) < 4.78 is 110. The Labute approximate surface area is 198 Å². The van der Waals surface area contributed by atoms with Gasteiger partial charge in [0.25, 0.3) is 0 Å². The number of sulfonamides is 1. The highest BCUT2D eigenvalue weighted by Crippen LogP contribution is 2.43. The zero-order valence-electron chi connectivity index (χ0n) is 18.3. The van der Waals surface area contributed by atoms with Crippen molar-refractivity contribution >= 4 is 15.7 Å². The molecule has 2 aliphatic heterocycles. The molecule has 13 heteroatoms. The van der Waals surface area contributed by atoms with Crippen LogP contribution in [-0.2, 0) is 10.0 Å². The highest BCUT2D eigenvalue weighted by Gasteiger charge is 2.44. The summed E-state index contributed by atoms with van der Waals surface area (Å²) in [4.78, 5) is 1.48. The number of nitrogens with zero attached hydrogens (tertiary/aromatic N) is 2. The van der Waals surface area contributed by atoms with E-state index >= 15 is 0 Å². The smallest absolute Gasteiger partial charge is 0.406 e. The highest BCUT2D eigenvalue weighted by molar-refractivity contribution is 7.89. The maximum atomic E-state index is 13.1. The molecular formula is C22H22F6N2O4S. The van der Waals surface area contributed by atoms with Gasteiger partial charge in [-0.05, 0) is 61.1 Å². The van der Waals surface area contributed by atoms with Crippen molar-refractivity contribution in [2.24, 2.45) is 5.41 Å². The lowest BCUT2D eigenvalue weighted by molar-refractivity contribution is -0.276. The molecule has 6 nitrogen and oxygen atoms in total. The van der Waals surface area contributed by atoms with E-state index < -0.39 is 33.4 Å².